The standard InChI is InChI=1S/C21H26F3N7O2/c1-29(2)14-26-18-11-16(21(22,23)24)15(13-25-18)17-12-19(30-3-7-32-8-4-30)28-20(27-17)31-5-9-33-10-6-31/h11-14H,3-10H2,1-2H3. The maximum Gasteiger partial charge on any atom is 0.417 e. The quantitative estimate of drug-likeness (QED) is 0.492. The fraction of sp³-hybridized carbons (Fsp3) is 0.524. The molecule has 2 aliphatic rings. The van der Waals surface area contributed by atoms with Crippen molar-refractivity contribution in [2.24, 2.45) is 4.99 Å². The fourth-order valence-electron chi connectivity index (χ4n) is 3.55. The lowest BCUT2D eigenvalue weighted by molar-refractivity contribution is -0.137. The Kier molecular flexibility index (Phi) is 6.94. The van der Waals surface area contributed by atoms with Gasteiger partial charge >= 0.3 is 6.18 Å². The Morgan fingerprint density at radius 3 is 2.21 bits per heavy atom. The highest BCUT2D eigenvalue weighted by atomic mass is 19.4. The SMILES string of the molecule is CN(C)C=Nc1cc(C(F)(F)F)c(-c2cc(N3CCOCC3)nc(N3CCOCC3)n2)cn1. The van der Waals surface area contributed by atoms with Crippen LogP contribution in [0.15, 0.2) is 23.3 Å². The summed E-state index contributed by atoms with van der Waals surface area (Å²) in [6.45, 7) is 4.40. The minimum atomic E-state index is -4.61. The van der Waals surface area contributed by atoms with Crippen LogP contribution in [-0.2, 0) is 15.7 Å². The van der Waals surface area contributed by atoms with E-state index in [1.807, 2.05) is 9.80 Å². The lowest BCUT2D eigenvalue weighted by Gasteiger charge is -2.31. The molecule has 0 spiro atoms. The number of morpholine rings is 2. The van der Waals surface area contributed by atoms with Crippen molar-refractivity contribution in [3.63, 3.8) is 0 Å². The summed E-state index contributed by atoms with van der Waals surface area (Å²) in [6, 6.07) is 2.53. The van der Waals surface area contributed by atoms with Gasteiger partial charge in [0, 0.05) is 58.1 Å². The zero-order chi connectivity index (χ0) is 23.4. The van der Waals surface area contributed by atoms with E-state index in [1.54, 1.807) is 25.1 Å². The number of rotatable bonds is 5. The monoisotopic (exact) mass is 465 g/mol. The molecular weight excluding hydrogens is 439 g/mol. The average Bonchev–Trinajstić information content (AvgIpc) is 2.83. The van der Waals surface area contributed by atoms with Gasteiger partial charge in [-0.25, -0.2) is 15.0 Å². The van der Waals surface area contributed by atoms with Crippen LogP contribution in [-0.4, -0.2) is 92.9 Å². The predicted octanol–water partition coefficient (Wildman–Crippen LogP) is 2.45. The first-order chi connectivity index (χ1) is 15.8. The Hall–Kier alpha value is -2.99. The Morgan fingerprint density at radius 1 is 0.970 bits per heavy atom. The number of alkyl halides is 3. The summed E-state index contributed by atoms with van der Waals surface area (Å²) in [5.41, 5.74) is -0.795. The molecule has 0 amide bonds. The maximum atomic E-state index is 14.0. The number of nitrogens with zero attached hydrogens (tertiary/aromatic N) is 7. The summed E-state index contributed by atoms with van der Waals surface area (Å²) < 4.78 is 52.9. The first kappa shape index (κ1) is 23.2. The number of hydrogen-bond acceptors (Lipinski definition) is 8. The van der Waals surface area contributed by atoms with Gasteiger partial charge in [-0.15, -0.1) is 0 Å². The van der Waals surface area contributed by atoms with Gasteiger partial charge < -0.3 is 24.2 Å². The van der Waals surface area contributed by atoms with Crippen LogP contribution in [0.25, 0.3) is 11.3 Å². The van der Waals surface area contributed by atoms with Gasteiger partial charge in [0.05, 0.1) is 44.0 Å². The average molecular weight is 465 g/mol. The molecule has 0 aliphatic carbocycles. The molecule has 0 aromatic carbocycles. The predicted molar refractivity (Wildman–Crippen MR) is 118 cm³/mol. The van der Waals surface area contributed by atoms with E-state index in [2.05, 4.69) is 19.9 Å². The molecule has 4 heterocycles. The number of aromatic nitrogens is 3. The molecule has 0 bridgehead atoms. The third-order valence-electron chi connectivity index (χ3n) is 5.22. The summed E-state index contributed by atoms with van der Waals surface area (Å²) in [7, 11) is 3.45. The molecule has 178 valence electrons. The number of anilines is 2. The van der Waals surface area contributed by atoms with Gasteiger partial charge in [-0.1, -0.05) is 0 Å². The first-order valence-electron chi connectivity index (χ1n) is 10.6. The number of aliphatic imine (C=N–C) groups is 1. The van der Waals surface area contributed by atoms with E-state index < -0.39 is 11.7 Å². The van der Waals surface area contributed by atoms with E-state index in [1.165, 1.54) is 12.5 Å². The van der Waals surface area contributed by atoms with Crippen molar-refractivity contribution in [1.82, 2.24) is 19.9 Å². The summed E-state index contributed by atoms with van der Waals surface area (Å²) >= 11 is 0. The number of ether oxygens (including phenoxy) is 2. The largest absolute Gasteiger partial charge is 0.417 e. The molecular formula is C21H26F3N7O2. The highest BCUT2D eigenvalue weighted by Crippen LogP contribution is 2.39. The van der Waals surface area contributed by atoms with Crippen LogP contribution in [0.1, 0.15) is 5.56 Å². The van der Waals surface area contributed by atoms with Gasteiger partial charge in [0.2, 0.25) is 5.95 Å². The fourth-order valence-corrected chi connectivity index (χ4v) is 3.55. The number of halogens is 3. The van der Waals surface area contributed by atoms with Crippen molar-refractivity contribution in [2.45, 2.75) is 6.18 Å². The van der Waals surface area contributed by atoms with E-state index >= 15 is 0 Å². The van der Waals surface area contributed by atoms with E-state index in [0.29, 0.717) is 64.4 Å². The maximum absolute atomic E-state index is 14.0. The summed E-state index contributed by atoms with van der Waals surface area (Å²) in [4.78, 5) is 22.9. The first-order valence-corrected chi connectivity index (χ1v) is 10.6. The molecule has 9 nitrogen and oxygen atoms in total. The summed E-state index contributed by atoms with van der Waals surface area (Å²) in [5.74, 6) is 0.906. The topological polar surface area (TPSA) is 79.2 Å². The van der Waals surface area contributed by atoms with Gasteiger partial charge in [-0.3, -0.25) is 0 Å². The van der Waals surface area contributed by atoms with Crippen molar-refractivity contribution in [2.75, 3.05) is 76.5 Å². The summed E-state index contributed by atoms with van der Waals surface area (Å²) in [5, 5.41) is 0. The van der Waals surface area contributed by atoms with Crippen LogP contribution in [0.5, 0.6) is 0 Å². The highest BCUT2D eigenvalue weighted by Gasteiger charge is 2.35. The van der Waals surface area contributed by atoms with E-state index in [9.17, 15) is 13.2 Å². The van der Waals surface area contributed by atoms with Crippen molar-refractivity contribution in [3.05, 3.63) is 23.9 Å². The van der Waals surface area contributed by atoms with Crippen molar-refractivity contribution >= 4 is 23.9 Å². The van der Waals surface area contributed by atoms with Gasteiger partial charge in [-0.05, 0) is 6.07 Å². The Labute approximate surface area is 189 Å². The van der Waals surface area contributed by atoms with Crippen LogP contribution in [0.3, 0.4) is 0 Å². The van der Waals surface area contributed by atoms with Crippen LogP contribution in [0.4, 0.5) is 30.8 Å². The molecule has 4 rings (SSSR count). The molecule has 33 heavy (non-hydrogen) atoms. The molecule has 2 aliphatic heterocycles. The second kappa shape index (κ2) is 9.87. The molecule has 0 N–H and O–H groups in total. The van der Waals surface area contributed by atoms with Gasteiger partial charge in [0.15, 0.2) is 5.82 Å². The van der Waals surface area contributed by atoms with Gasteiger partial charge in [-0.2, -0.15) is 18.2 Å². The van der Waals surface area contributed by atoms with E-state index in [0.717, 1.165) is 6.07 Å². The van der Waals surface area contributed by atoms with Gasteiger partial charge in [0.1, 0.15) is 5.82 Å². The van der Waals surface area contributed by atoms with Crippen LogP contribution < -0.4 is 9.80 Å². The smallest absolute Gasteiger partial charge is 0.378 e. The second-order valence-electron chi connectivity index (χ2n) is 7.90. The molecule has 0 saturated carbocycles. The Morgan fingerprint density at radius 2 is 1.61 bits per heavy atom. The van der Waals surface area contributed by atoms with Gasteiger partial charge in [0.25, 0.3) is 0 Å². The second-order valence-corrected chi connectivity index (χ2v) is 7.90. The molecule has 2 aromatic rings. The molecule has 2 aromatic heterocycles. The van der Waals surface area contributed by atoms with Crippen molar-refractivity contribution < 1.29 is 22.6 Å². The van der Waals surface area contributed by atoms with Crippen molar-refractivity contribution in [1.29, 1.82) is 0 Å². The third-order valence-corrected chi connectivity index (χ3v) is 5.22. The molecule has 0 radical (unpaired) electrons. The van der Waals surface area contributed by atoms with Crippen LogP contribution in [0.2, 0.25) is 0 Å². The molecule has 2 saturated heterocycles. The molecule has 0 atom stereocenters. The summed E-state index contributed by atoms with van der Waals surface area (Å²) in [6.07, 6.45) is -2.02. The Balaban J connectivity index is 1.80. The highest BCUT2D eigenvalue weighted by molar-refractivity contribution is 5.70. The van der Waals surface area contributed by atoms with Crippen molar-refractivity contribution in [3.8, 4) is 11.3 Å². The minimum absolute atomic E-state index is 0.0318. The molecule has 2 fully saturated rings. The lowest BCUT2D eigenvalue weighted by atomic mass is 10.1. The normalized spacial score (nSPS) is 17.6. The number of pyridine rings is 1. The van der Waals surface area contributed by atoms with Crippen LogP contribution in [0, 0.1) is 0 Å². The zero-order valence-electron chi connectivity index (χ0n) is 18.5. The minimum Gasteiger partial charge on any atom is -0.378 e. The lowest BCUT2D eigenvalue weighted by Crippen LogP contribution is -2.39. The number of hydrogen-bond donors (Lipinski definition) is 0. The molecule has 0 unspecified atom stereocenters. The van der Waals surface area contributed by atoms with Crippen LogP contribution >= 0.6 is 0 Å². The zero-order valence-corrected chi connectivity index (χ0v) is 18.5. The third kappa shape index (κ3) is 5.69. The Bertz CT molecular complexity index is 952. The molecule has 12 heteroatoms. The van der Waals surface area contributed by atoms with E-state index in [4.69, 9.17) is 9.47 Å². The van der Waals surface area contributed by atoms with E-state index in [-0.39, 0.29) is 17.1 Å².